The van der Waals surface area contributed by atoms with Crippen LogP contribution in [-0.4, -0.2) is 23.3 Å². The van der Waals surface area contributed by atoms with Gasteiger partial charge in [0, 0.05) is 30.2 Å². The lowest BCUT2D eigenvalue weighted by Gasteiger charge is -2.18. The number of halogens is 1. The average molecular weight is 638 g/mol. The second-order valence-corrected chi connectivity index (χ2v) is 11.0. The summed E-state index contributed by atoms with van der Waals surface area (Å²) in [5.74, 6) is 0.167. The molecule has 42 heavy (non-hydrogen) atoms. The molecule has 0 saturated heterocycles. The van der Waals surface area contributed by atoms with Crippen LogP contribution >= 0.6 is 0 Å². The molecule has 228 valence electrons. The first-order valence-electron chi connectivity index (χ1n) is 15.6. The van der Waals surface area contributed by atoms with E-state index in [9.17, 15) is 9.59 Å². The van der Waals surface area contributed by atoms with Crippen LogP contribution in [0.4, 0.5) is 0 Å². The van der Waals surface area contributed by atoms with Crippen LogP contribution in [0.15, 0.2) is 79.0 Å². The van der Waals surface area contributed by atoms with Gasteiger partial charge < -0.3 is 21.7 Å². The van der Waals surface area contributed by atoms with Gasteiger partial charge in [0.05, 0.1) is 6.61 Å². The fraction of sp³-hybridized carbons (Fsp3) is 0.472. The van der Waals surface area contributed by atoms with Crippen molar-refractivity contribution in [1.29, 1.82) is 0 Å². The van der Waals surface area contributed by atoms with Gasteiger partial charge in [-0.25, -0.2) is 0 Å². The third-order valence-electron chi connectivity index (χ3n) is 7.54. The third-order valence-corrected chi connectivity index (χ3v) is 7.54. The van der Waals surface area contributed by atoms with E-state index in [2.05, 4.69) is 23.6 Å². The molecule has 0 unspecified atom stereocenters. The van der Waals surface area contributed by atoms with Crippen molar-refractivity contribution in [3.63, 3.8) is 0 Å². The summed E-state index contributed by atoms with van der Waals surface area (Å²) in [6.45, 7) is 5.26. The number of rotatable bonds is 19. The van der Waals surface area contributed by atoms with Crippen molar-refractivity contribution < 1.29 is 35.9 Å². The normalized spacial score (nSPS) is 10.6. The Morgan fingerprint density at radius 1 is 0.714 bits per heavy atom. The SMILES string of the molecule is CCCCCCCCCCCCCCOc1ccc(C(=O)N(Cc2cccc[n+]2Cc2ccccc2)C(C)=O)cc1.[Br-]. The van der Waals surface area contributed by atoms with Crippen LogP contribution in [0.5, 0.6) is 5.75 Å². The van der Waals surface area contributed by atoms with Gasteiger partial charge in [0.2, 0.25) is 11.6 Å². The van der Waals surface area contributed by atoms with Gasteiger partial charge >= 0.3 is 0 Å². The van der Waals surface area contributed by atoms with Crippen molar-refractivity contribution in [3.8, 4) is 5.75 Å². The zero-order chi connectivity index (χ0) is 29.1. The van der Waals surface area contributed by atoms with Crippen molar-refractivity contribution in [2.75, 3.05) is 6.61 Å². The lowest BCUT2D eigenvalue weighted by atomic mass is 10.1. The Balaban J connectivity index is 0.00000616. The Morgan fingerprint density at radius 3 is 1.88 bits per heavy atom. The highest BCUT2D eigenvalue weighted by Gasteiger charge is 2.24. The number of nitrogens with zero attached hydrogens (tertiary/aromatic N) is 2. The Morgan fingerprint density at radius 2 is 1.29 bits per heavy atom. The minimum atomic E-state index is -0.305. The number of pyridine rings is 1. The average Bonchev–Trinajstić information content (AvgIpc) is 2.99. The highest BCUT2D eigenvalue weighted by Crippen LogP contribution is 2.17. The smallest absolute Gasteiger partial charge is 0.260 e. The van der Waals surface area contributed by atoms with Gasteiger partial charge in [-0.05, 0) is 30.7 Å². The predicted molar refractivity (Wildman–Crippen MR) is 166 cm³/mol. The lowest BCUT2D eigenvalue weighted by Crippen LogP contribution is -3.00. The topological polar surface area (TPSA) is 50.5 Å². The summed E-state index contributed by atoms with van der Waals surface area (Å²) in [5, 5.41) is 0. The van der Waals surface area contributed by atoms with Crippen molar-refractivity contribution in [3.05, 3.63) is 95.8 Å². The Hall–Kier alpha value is -2.99. The number of benzene rings is 2. The quantitative estimate of drug-likeness (QED) is 0.133. The molecule has 0 atom stereocenters. The molecule has 0 saturated carbocycles. The highest BCUT2D eigenvalue weighted by molar-refractivity contribution is 6.04. The predicted octanol–water partition coefficient (Wildman–Crippen LogP) is 5.30. The van der Waals surface area contributed by atoms with Gasteiger partial charge in [-0.2, -0.15) is 4.57 Å². The first kappa shape index (κ1) is 35.2. The van der Waals surface area contributed by atoms with E-state index in [1.54, 1.807) is 12.1 Å². The number of ether oxygens (including phenoxy) is 1. The number of imide groups is 1. The van der Waals surface area contributed by atoms with Gasteiger partial charge in [0.1, 0.15) is 12.3 Å². The molecule has 5 nitrogen and oxygen atoms in total. The molecule has 2 aromatic carbocycles. The zero-order valence-electron chi connectivity index (χ0n) is 25.6. The summed E-state index contributed by atoms with van der Waals surface area (Å²) >= 11 is 0. The number of amides is 2. The maximum atomic E-state index is 13.3. The van der Waals surface area contributed by atoms with Crippen molar-refractivity contribution in [2.45, 2.75) is 104 Å². The molecule has 6 heteroatoms. The van der Waals surface area contributed by atoms with E-state index in [1.807, 2.05) is 54.7 Å². The number of carbonyl (C=O) groups is 2. The molecule has 0 aliphatic heterocycles. The summed E-state index contributed by atoms with van der Waals surface area (Å²) in [6, 6.07) is 23.1. The van der Waals surface area contributed by atoms with Gasteiger partial charge in [-0.3, -0.25) is 14.5 Å². The number of hydrogen-bond donors (Lipinski definition) is 0. The van der Waals surface area contributed by atoms with E-state index in [4.69, 9.17) is 4.74 Å². The van der Waals surface area contributed by atoms with Crippen LogP contribution in [0.2, 0.25) is 0 Å². The molecule has 3 rings (SSSR count). The maximum absolute atomic E-state index is 13.3. The Kier molecular flexibility index (Phi) is 17.5. The monoisotopic (exact) mass is 636 g/mol. The van der Waals surface area contributed by atoms with E-state index in [-0.39, 0.29) is 35.3 Å². The molecule has 1 heterocycles. The molecule has 3 aromatic rings. The summed E-state index contributed by atoms with van der Waals surface area (Å²) in [6.07, 6.45) is 17.8. The molecule has 0 N–H and O–H groups in total. The molecule has 2 amide bonds. The Bertz CT molecular complexity index is 1170. The van der Waals surface area contributed by atoms with E-state index in [0.717, 1.165) is 23.4 Å². The van der Waals surface area contributed by atoms with E-state index in [1.165, 1.54) is 82.5 Å². The largest absolute Gasteiger partial charge is 1.00 e. The molecule has 0 aliphatic rings. The summed E-state index contributed by atoms with van der Waals surface area (Å²) in [4.78, 5) is 27.1. The second kappa shape index (κ2) is 20.8. The van der Waals surface area contributed by atoms with Crippen LogP contribution in [0.3, 0.4) is 0 Å². The summed E-state index contributed by atoms with van der Waals surface area (Å²) in [5.41, 5.74) is 2.52. The molecule has 0 radical (unpaired) electrons. The number of aromatic nitrogens is 1. The number of carbonyl (C=O) groups excluding carboxylic acids is 2. The summed E-state index contributed by atoms with van der Waals surface area (Å²) in [7, 11) is 0. The molecular formula is C36H49BrN2O3. The van der Waals surface area contributed by atoms with E-state index < -0.39 is 0 Å². The van der Waals surface area contributed by atoms with Gasteiger partial charge in [0.15, 0.2) is 12.7 Å². The number of hydrogen-bond acceptors (Lipinski definition) is 3. The van der Waals surface area contributed by atoms with E-state index in [0.29, 0.717) is 18.7 Å². The maximum Gasteiger partial charge on any atom is 0.260 e. The molecule has 1 aromatic heterocycles. The first-order chi connectivity index (χ1) is 20.1. The standard InChI is InChI=1S/C36H49N2O3.BrH/c1-3-4-5-6-7-8-9-10-11-12-13-19-28-41-35-25-23-33(24-26-35)36(40)38(31(2)39)30-34-22-17-18-27-37(34)29-32-20-15-14-16-21-32;/h14-18,20-27H,3-13,19,28-30H2,1-2H3;1H/q+1;/p-1. The first-order valence-corrected chi connectivity index (χ1v) is 15.6. The van der Waals surface area contributed by atoms with Gasteiger partial charge in [-0.15, -0.1) is 0 Å². The molecule has 0 spiro atoms. The third kappa shape index (κ3) is 12.9. The minimum Gasteiger partial charge on any atom is -1.00 e. The van der Waals surface area contributed by atoms with Crippen LogP contribution in [0, 0.1) is 0 Å². The zero-order valence-corrected chi connectivity index (χ0v) is 27.2. The van der Waals surface area contributed by atoms with Gasteiger partial charge in [-0.1, -0.05) is 114 Å². The summed E-state index contributed by atoms with van der Waals surface area (Å²) < 4.78 is 7.99. The fourth-order valence-electron chi connectivity index (χ4n) is 5.06. The van der Waals surface area contributed by atoms with Crippen molar-refractivity contribution in [1.82, 2.24) is 4.90 Å². The molecule has 0 aliphatic carbocycles. The molecule has 0 fully saturated rings. The van der Waals surface area contributed by atoms with Crippen molar-refractivity contribution in [2.24, 2.45) is 0 Å². The molecule has 0 bridgehead atoms. The van der Waals surface area contributed by atoms with Crippen LogP contribution in [0.25, 0.3) is 0 Å². The van der Waals surface area contributed by atoms with Crippen molar-refractivity contribution >= 4 is 11.8 Å². The Labute approximate surface area is 264 Å². The van der Waals surface area contributed by atoms with Gasteiger partial charge in [0.25, 0.3) is 5.91 Å². The number of unbranched alkanes of at least 4 members (excludes halogenated alkanes) is 11. The minimum absolute atomic E-state index is 0. The van der Waals surface area contributed by atoms with Crippen LogP contribution in [-0.2, 0) is 17.9 Å². The second-order valence-electron chi connectivity index (χ2n) is 11.0. The van der Waals surface area contributed by atoms with E-state index >= 15 is 0 Å². The molecular weight excluding hydrogens is 588 g/mol. The fourth-order valence-corrected chi connectivity index (χ4v) is 5.06. The highest BCUT2D eigenvalue weighted by atomic mass is 79.9. The van der Waals surface area contributed by atoms with Crippen LogP contribution in [0.1, 0.15) is 113 Å². The lowest BCUT2D eigenvalue weighted by molar-refractivity contribution is -0.696. The van der Waals surface area contributed by atoms with Crippen LogP contribution < -0.4 is 26.3 Å².